The predicted molar refractivity (Wildman–Crippen MR) is 55.3 cm³/mol. The zero-order chi connectivity index (χ0) is 14.0. The molecule has 0 spiro atoms. The summed E-state index contributed by atoms with van der Waals surface area (Å²) < 4.78 is 0. The van der Waals surface area contributed by atoms with Crippen LogP contribution < -0.4 is 20.4 Å². The molecular weight excluding hydrogens is 328 g/mol. The van der Waals surface area contributed by atoms with Crippen LogP contribution in [0, 0.1) is 0 Å². The third-order valence-corrected chi connectivity index (χ3v) is 2.02. The summed E-state index contributed by atoms with van der Waals surface area (Å²) in [5.74, 6) is -8.14. The summed E-state index contributed by atoms with van der Waals surface area (Å²) >= 11 is 0. The van der Waals surface area contributed by atoms with Gasteiger partial charge in [-0.2, -0.15) is 0 Å². The fraction of sp³-hybridized carbons (Fsp3) is 0. The van der Waals surface area contributed by atoms with Crippen LogP contribution in [0.2, 0.25) is 0 Å². The van der Waals surface area contributed by atoms with Crippen molar-refractivity contribution in [2.75, 3.05) is 0 Å². The summed E-state index contributed by atoms with van der Waals surface area (Å²) in [5, 5.41) is 42.5. The molecule has 1 rings (SSSR count). The number of carbonyl (C=O) groups is 4. The van der Waals surface area contributed by atoms with Gasteiger partial charge >= 0.3 is 75.5 Å². The van der Waals surface area contributed by atoms with Crippen LogP contribution in [0.15, 0.2) is 12.1 Å². The molecule has 1 aromatic rings. The largest absolute Gasteiger partial charge is 2.00 e. The summed E-state index contributed by atoms with van der Waals surface area (Å²) in [6.07, 6.45) is 0. The van der Waals surface area contributed by atoms with Crippen LogP contribution in [0.4, 0.5) is 0 Å². The van der Waals surface area contributed by atoms with Crippen molar-refractivity contribution in [3.8, 4) is 0 Å². The first kappa shape index (κ1) is 21.9. The molecule has 0 aromatic heterocycles. The maximum Gasteiger partial charge on any atom is 2.00 e. The SMILES string of the molecule is O=C([O-])c1cc(C(=O)[O-])c(C(=O)[O-])c(C(=O)[O-])c1.[Ca+2].[Ca+2]. The number of benzene rings is 1. The van der Waals surface area contributed by atoms with Crippen LogP contribution in [-0.4, -0.2) is 99.4 Å². The Kier molecular flexibility index (Phi) is 9.65. The first-order chi connectivity index (χ1) is 8.25. The number of hydrogen-bond acceptors (Lipinski definition) is 8. The number of hydrogen-bond donors (Lipinski definition) is 0. The van der Waals surface area contributed by atoms with E-state index in [2.05, 4.69) is 0 Å². The zero-order valence-corrected chi connectivity index (χ0v) is 14.3. The average Bonchev–Trinajstić information content (AvgIpc) is 2.26. The predicted octanol–water partition coefficient (Wildman–Crippen LogP) is -5.62. The van der Waals surface area contributed by atoms with Gasteiger partial charge in [0.15, 0.2) is 0 Å². The van der Waals surface area contributed by atoms with E-state index in [0.717, 1.165) is 0 Å². The topological polar surface area (TPSA) is 161 Å². The minimum absolute atomic E-state index is 0. The molecule has 0 fully saturated rings. The van der Waals surface area contributed by atoms with Gasteiger partial charge in [0.1, 0.15) is 0 Å². The monoisotopic (exact) mass is 330 g/mol. The Morgan fingerprint density at radius 1 is 0.650 bits per heavy atom. The van der Waals surface area contributed by atoms with E-state index in [1.165, 1.54) is 0 Å². The molecule has 0 amide bonds. The molecule has 94 valence electrons. The molecular formula is C10H2Ca2O8. The molecule has 0 radical (unpaired) electrons. The average molecular weight is 330 g/mol. The molecule has 10 heteroatoms. The molecule has 0 bridgehead atoms. The normalized spacial score (nSPS) is 8.80. The fourth-order valence-electron chi connectivity index (χ4n) is 1.30. The van der Waals surface area contributed by atoms with Gasteiger partial charge in [-0.25, -0.2) is 0 Å². The van der Waals surface area contributed by atoms with Crippen LogP contribution in [0.5, 0.6) is 0 Å². The molecule has 0 aliphatic rings. The van der Waals surface area contributed by atoms with Crippen molar-refractivity contribution in [3.05, 3.63) is 34.4 Å². The standard InChI is InChI=1S/C10H6O8.2Ca/c11-7(12)3-1-4(8(13)14)6(10(17)18)5(2-3)9(15)16;;/h1-2H,(H,11,12)(H,13,14)(H,15,16)(H,17,18);;/q;2*+2/p-4. The Morgan fingerprint density at radius 2 is 1.00 bits per heavy atom. The van der Waals surface area contributed by atoms with Gasteiger partial charge in [0, 0.05) is 16.7 Å². The van der Waals surface area contributed by atoms with Crippen LogP contribution >= 0.6 is 0 Å². The molecule has 0 saturated heterocycles. The first-order valence-electron chi connectivity index (χ1n) is 4.29. The Morgan fingerprint density at radius 3 is 1.20 bits per heavy atom. The molecule has 1 aromatic carbocycles. The molecule has 20 heavy (non-hydrogen) atoms. The van der Waals surface area contributed by atoms with Crippen molar-refractivity contribution in [2.24, 2.45) is 0 Å². The number of aromatic carboxylic acids is 4. The van der Waals surface area contributed by atoms with Gasteiger partial charge in [0.2, 0.25) is 0 Å². The van der Waals surface area contributed by atoms with Gasteiger partial charge in [-0.15, -0.1) is 0 Å². The van der Waals surface area contributed by atoms with E-state index in [1.54, 1.807) is 0 Å². The second kappa shape index (κ2) is 8.81. The Bertz CT molecular complexity index is 546. The molecule has 0 aliphatic carbocycles. The minimum Gasteiger partial charge on any atom is -0.545 e. The van der Waals surface area contributed by atoms with E-state index in [9.17, 15) is 39.6 Å². The van der Waals surface area contributed by atoms with E-state index in [4.69, 9.17) is 0 Å². The first-order valence-corrected chi connectivity index (χ1v) is 4.29. The zero-order valence-electron chi connectivity index (χ0n) is 9.83. The van der Waals surface area contributed by atoms with E-state index in [-0.39, 0.29) is 75.5 Å². The van der Waals surface area contributed by atoms with Gasteiger partial charge in [-0.1, -0.05) is 0 Å². The fourth-order valence-corrected chi connectivity index (χ4v) is 1.30. The van der Waals surface area contributed by atoms with E-state index >= 15 is 0 Å². The number of rotatable bonds is 4. The van der Waals surface area contributed by atoms with Crippen molar-refractivity contribution in [1.82, 2.24) is 0 Å². The quantitative estimate of drug-likeness (QED) is 0.494. The van der Waals surface area contributed by atoms with Crippen molar-refractivity contribution < 1.29 is 39.6 Å². The molecule has 0 heterocycles. The molecule has 0 atom stereocenters. The number of carboxylic acids is 4. The summed E-state index contributed by atoms with van der Waals surface area (Å²) in [7, 11) is 0. The summed E-state index contributed by atoms with van der Waals surface area (Å²) in [5.41, 5.74) is -4.34. The van der Waals surface area contributed by atoms with Crippen LogP contribution in [0.1, 0.15) is 41.4 Å². The van der Waals surface area contributed by atoms with Gasteiger partial charge in [-0.3, -0.25) is 0 Å². The van der Waals surface area contributed by atoms with E-state index < -0.39 is 46.1 Å². The van der Waals surface area contributed by atoms with Crippen molar-refractivity contribution in [2.45, 2.75) is 0 Å². The van der Waals surface area contributed by atoms with Crippen LogP contribution in [0.3, 0.4) is 0 Å². The molecule has 0 aliphatic heterocycles. The van der Waals surface area contributed by atoms with Gasteiger partial charge < -0.3 is 39.6 Å². The van der Waals surface area contributed by atoms with Gasteiger partial charge in [-0.05, 0) is 17.7 Å². The molecule has 0 N–H and O–H groups in total. The Labute approximate surface area is 171 Å². The number of carboxylic acid groups (broad SMARTS) is 4. The second-order valence-corrected chi connectivity index (χ2v) is 3.10. The van der Waals surface area contributed by atoms with Crippen LogP contribution in [0.25, 0.3) is 0 Å². The maximum absolute atomic E-state index is 10.7. The minimum atomic E-state index is -2.11. The molecule has 0 unspecified atom stereocenters. The van der Waals surface area contributed by atoms with Crippen molar-refractivity contribution >= 4 is 99.4 Å². The summed E-state index contributed by atoms with van der Waals surface area (Å²) in [6.45, 7) is 0. The summed E-state index contributed by atoms with van der Waals surface area (Å²) in [4.78, 5) is 42.5. The van der Waals surface area contributed by atoms with Gasteiger partial charge in [0.05, 0.1) is 23.9 Å². The van der Waals surface area contributed by atoms with E-state index in [0.29, 0.717) is 12.1 Å². The van der Waals surface area contributed by atoms with Crippen LogP contribution in [-0.2, 0) is 0 Å². The smallest absolute Gasteiger partial charge is 0.545 e. The second-order valence-electron chi connectivity index (χ2n) is 3.10. The van der Waals surface area contributed by atoms with Gasteiger partial charge in [0.25, 0.3) is 0 Å². The third kappa shape index (κ3) is 4.87. The van der Waals surface area contributed by atoms with Crippen molar-refractivity contribution in [3.63, 3.8) is 0 Å². The van der Waals surface area contributed by atoms with E-state index in [1.807, 2.05) is 0 Å². The Hall–Kier alpha value is -0.381. The Balaban J connectivity index is 0. The number of carbonyl (C=O) groups excluding carboxylic acids is 4. The molecule has 8 nitrogen and oxygen atoms in total. The molecule has 0 saturated carbocycles. The third-order valence-electron chi connectivity index (χ3n) is 2.02. The maximum atomic E-state index is 10.7. The van der Waals surface area contributed by atoms with Crippen molar-refractivity contribution in [1.29, 1.82) is 0 Å². The summed E-state index contributed by atoms with van der Waals surface area (Å²) in [6, 6.07) is 0.810.